The zero-order valence-corrected chi connectivity index (χ0v) is 20.7. The summed E-state index contributed by atoms with van der Waals surface area (Å²) < 4.78 is 0. The van der Waals surface area contributed by atoms with Gasteiger partial charge in [0, 0.05) is 39.6 Å². The number of carbonyl (C=O) groups is 1. The Hall–Kier alpha value is -1.31. The van der Waals surface area contributed by atoms with E-state index >= 15 is 0 Å². The van der Waals surface area contributed by atoms with Gasteiger partial charge in [0.1, 0.15) is 0 Å². The highest BCUT2D eigenvalue weighted by Crippen LogP contribution is 2.14. The second-order valence-corrected chi connectivity index (χ2v) is 8.18. The molecule has 1 aliphatic rings. The van der Waals surface area contributed by atoms with Crippen molar-refractivity contribution in [3.8, 4) is 0 Å². The molecule has 2 N–H and O–H groups in total. The summed E-state index contributed by atoms with van der Waals surface area (Å²) in [6.07, 6.45) is 8.15. The third-order valence-electron chi connectivity index (χ3n) is 5.25. The molecule has 0 aromatic heterocycles. The lowest BCUT2D eigenvalue weighted by atomic mass is 10.0. The number of hydrogen-bond donors (Lipinski definition) is 2. The van der Waals surface area contributed by atoms with E-state index in [0.29, 0.717) is 6.42 Å². The van der Waals surface area contributed by atoms with Crippen LogP contribution in [-0.4, -0.2) is 36.9 Å². The van der Waals surface area contributed by atoms with Crippen LogP contribution in [0, 0.1) is 5.92 Å². The third-order valence-corrected chi connectivity index (χ3v) is 5.25. The second kappa shape index (κ2) is 14.6. The van der Waals surface area contributed by atoms with Crippen LogP contribution < -0.4 is 10.6 Å². The second-order valence-electron chi connectivity index (χ2n) is 8.18. The number of hydrogen-bond acceptors (Lipinski definition) is 2. The molecule has 0 aliphatic carbocycles. The summed E-state index contributed by atoms with van der Waals surface area (Å²) in [7, 11) is 1.81. The molecule has 0 bridgehead atoms. The Balaban J connectivity index is 0.00000420. The molecule has 2 rings (SSSR count). The van der Waals surface area contributed by atoms with Crippen LogP contribution in [0.4, 0.5) is 0 Å². The minimum Gasteiger partial charge on any atom is -0.356 e. The van der Waals surface area contributed by atoms with Crippen LogP contribution in [0.5, 0.6) is 0 Å². The molecule has 1 heterocycles. The zero-order chi connectivity index (χ0) is 20.2. The first-order chi connectivity index (χ1) is 13.6. The van der Waals surface area contributed by atoms with Crippen molar-refractivity contribution in [1.29, 1.82) is 0 Å². The molecule has 1 aromatic carbocycles. The number of rotatable bonds is 11. The fourth-order valence-electron chi connectivity index (χ4n) is 3.50. The fourth-order valence-corrected chi connectivity index (χ4v) is 3.50. The summed E-state index contributed by atoms with van der Waals surface area (Å²) in [5.41, 5.74) is 2.41. The van der Waals surface area contributed by atoms with Crippen molar-refractivity contribution in [2.24, 2.45) is 10.9 Å². The SMILES string of the molecule is CN=C(NCCCCCCC(C)C)NCc1ccc(CN2CCCC2=O)cc1.I. The van der Waals surface area contributed by atoms with Gasteiger partial charge in [0.05, 0.1) is 0 Å². The Morgan fingerprint density at radius 1 is 1.07 bits per heavy atom. The molecule has 0 radical (unpaired) electrons. The van der Waals surface area contributed by atoms with Crippen molar-refractivity contribution in [2.75, 3.05) is 20.1 Å². The number of guanidine groups is 1. The van der Waals surface area contributed by atoms with Gasteiger partial charge in [0.15, 0.2) is 5.96 Å². The molecule has 1 amide bonds. The lowest BCUT2D eigenvalue weighted by Gasteiger charge is -2.16. The van der Waals surface area contributed by atoms with E-state index in [1.807, 2.05) is 11.9 Å². The highest BCUT2D eigenvalue weighted by Gasteiger charge is 2.19. The monoisotopic (exact) mass is 514 g/mol. The minimum absolute atomic E-state index is 0. The van der Waals surface area contributed by atoms with E-state index < -0.39 is 0 Å². The summed E-state index contributed by atoms with van der Waals surface area (Å²) in [6, 6.07) is 8.50. The van der Waals surface area contributed by atoms with Gasteiger partial charge in [-0.1, -0.05) is 63.8 Å². The highest BCUT2D eigenvalue weighted by molar-refractivity contribution is 14.0. The molecule has 1 saturated heterocycles. The van der Waals surface area contributed by atoms with E-state index in [-0.39, 0.29) is 29.9 Å². The van der Waals surface area contributed by atoms with E-state index in [1.54, 1.807) is 0 Å². The first-order valence-corrected chi connectivity index (χ1v) is 10.9. The van der Waals surface area contributed by atoms with Crippen LogP contribution in [0.1, 0.15) is 69.9 Å². The average molecular weight is 514 g/mol. The van der Waals surface area contributed by atoms with E-state index in [1.165, 1.54) is 43.2 Å². The molecule has 6 heteroatoms. The largest absolute Gasteiger partial charge is 0.356 e. The Bertz CT molecular complexity index is 616. The maximum absolute atomic E-state index is 11.7. The predicted octanol–water partition coefficient (Wildman–Crippen LogP) is 4.70. The number of amides is 1. The summed E-state index contributed by atoms with van der Waals surface area (Å²) in [6.45, 7) is 7.91. The van der Waals surface area contributed by atoms with Gasteiger partial charge in [-0.25, -0.2) is 0 Å². The number of halogens is 1. The number of likely N-dealkylation sites (tertiary alicyclic amines) is 1. The van der Waals surface area contributed by atoms with E-state index in [2.05, 4.69) is 53.7 Å². The van der Waals surface area contributed by atoms with Crippen LogP contribution >= 0.6 is 24.0 Å². The molecule has 0 unspecified atom stereocenters. The maximum Gasteiger partial charge on any atom is 0.222 e. The summed E-state index contributed by atoms with van der Waals surface area (Å²) in [4.78, 5) is 18.0. The summed E-state index contributed by atoms with van der Waals surface area (Å²) in [5, 5.41) is 6.78. The van der Waals surface area contributed by atoms with Crippen LogP contribution in [-0.2, 0) is 17.9 Å². The Morgan fingerprint density at radius 2 is 1.76 bits per heavy atom. The van der Waals surface area contributed by atoms with Crippen molar-refractivity contribution >= 4 is 35.8 Å². The first kappa shape index (κ1) is 25.7. The molecule has 5 nitrogen and oxygen atoms in total. The quantitative estimate of drug-likeness (QED) is 0.195. The normalized spacial score (nSPS) is 14.3. The van der Waals surface area contributed by atoms with Crippen molar-refractivity contribution in [1.82, 2.24) is 15.5 Å². The fraction of sp³-hybridized carbons (Fsp3) is 0.652. The first-order valence-electron chi connectivity index (χ1n) is 10.9. The Morgan fingerprint density at radius 3 is 2.38 bits per heavy atom. The molecule has 164 valence electrons. The smallest absolute Gasteiger partial charge is 0.222 e. The van der Waals surface area contributed by atoms with Crippen molar-refractivity contribution in [2.45, 2.75) is 71.9 Å². The molecule has 29 heavy (non-hydrogen) atoms. The Kier molecular flexibility index (Phi) is 13.0. The van der Waals surface area contributed by atoms with Crippen LogP contribution in [0.2, 0.25) is 0 Å². The minimum atomic E-state index is 0. The molecule has 1 aliphatic heterocycles. The summed E-state index contributed by atoms with van der Waals surface area (Å²) in [5.74, 6) is 1.95. The lowest BCUT2D eigenvalue weighted by molar-refractivity contribution is -0.128. The maximum atomic E-state index is 11.7. The molecule has 0 spiro atoms. The number of unbranched alkanes of at least 4 members (excludes halogenated alkanes) is 3. The van der Waals surface area contributed by atoms with Gasteiger partial charge in [0.2, 0.25) is 5.91 Å². The molecule has 0 atom stereocenters. The van der Waals surface area contributed by atoms with Gasteiger partial charge in [-0.05, 0) is 29.9 Å². The zero-order valence-electron chi connectivity index (χ0n) is 18.4. The topological polar surface area (TPSA) is 56.7 Å². The van der Waals surface area contributed by atoms with Gasteiger partial charge < -0.3 is 15.5 Å². The molecular formula is C23H39IN4O. The van der Waals surface area contributed by atoms with Crippen LogP contribution in [0.25, 0.3) is 0 Å². The number of nitrogens with one attached hydrogen (secondary N) is 2. The van der Waals surface area contributed by atoms with Gasteiger partial charge in [0.25, 0.3) is 0 Å². The van der Waals surface area contributed by atoms with Crippen LogP contribution in [0.15, 0.2) is 29.3 Å². The van der Waals surface area contributed by atoms with Gasteiger partial charge in [-0.2, -0.15) is 0 Å². The van der Waals surface area contributed by atoms with Gasteiger partial charge in [-0.15, -0.1) is 24.0 Å². The number of benzene rings is 1. The molecule has 1 fully saturated rings. The molecular weight excluding hydrogens is 475 g/mol. The number of nitrogens with zero attached hydrogens (tertiary/aromatic N) is 2. The third kappa shape index (κ3) is 10.3. The average Bonchev–Trinajstić information content (AvgIpc) is 3.09. The predicted molar refractivity (Wildman–Crippen MR) is 133 cm³/mol. The van der Waals surface area contributed by atoms with E-state index in [9.17, 15) is 4.79 Å². The molecule has 0 saturated carbocycles. The van der Waals surface area contributed by atoms with Crippen molar-refractivity contribution in [3.63, 3.8) is 0 Å². The van der Waals surface area contributed by atoms with E-state index in [0.717, 1.165) is 44.5 Å². The molecule has 1 aromatic rings. The van der Waals surface area contributed by atoms with Crippen LogP contribution in [0.3, 0.4) is 0 Å². The summed E-state index contributed by atoms with van der Waals surface area (Å²) >= 11 is 0. The number of carbonyl (C=O) groups excluding carboxylic acids is 1. The van der Waals surface area contributed by atoms with Gasteiger partial charge >= 0.3 is 0 Å². The van der Waals surface area contributed by atoms with Crippen molar-refractivity contribution in [3.05, 3.63) is 35.4 Å². The number of aliphatic imine (C=N–C) groups is 1. The van der Waals surface area contributed by atoms with Gasteiger partial charge in [-0.3, -0.25) is 9.79 Å². The van der Waals surface area contributed by atoms with E-state index in [4.69, 9.17) is 0 Å². The highest BCUT2D eigenvalue weighted by atomic mass is 127. The standard InChI is InChI=1S/C23H38N4O.HI/c1-19(2)9-6-4-5-7-15-25-23(24-3)26-17-20-11-13-21(14-12-20)18-27-16-8-10-22(27)28;/h11-14,19H,4-10,15-18H2,1-3H3,(H2,24,25,26);1H. The Labute approximate surface area is 194 Å². The van der Waals surface area contributed by atoms with Crippen molar-refractivity contribution < 1.29 is 4.79 Å². The lowest BCUT2D eigenvalue weighted by Crippen LogP contribution is -2.37.